The molecule has 0 atom stereocenters. The number of hydrogen-bond donors (Lipinski definition) is 1. The Balaban J connectivity index is 2.97. The second-order valence-electron chi connectivity index (χ2n) is 2.20. The highest BCUT2D eigenvalue weighted by molar-refractivity contribution is 4.81. The van der Waals surface area contributed by atoms with Crippen molar-refractivity contribution in [1.29, 1.82) is 0 Å². The molecular formula is C9H16O. The number of hydrogen-bond acceptors (Lipinski definition) is 1. The van der Waals surface area contributed by atoms with Crippen LogP contribution in [0.15, 0.2) is 24.5 Å². The molecule has 0 fully saturated rings. The molecule has 0 saturated carbocycles. The van der Waals surface area contributed by atoms with Crippen LogP contribution in [-0.2, 0) is 0 Å². The number of rotatable bonds is 5. The molecule has 0 amide bonds. The Labute approximate surface area is 63.1 Å². The fourth-order valence-corrected chi connectivity index (χ4v) is 0.713. The zero-order valence-electron chi connectivity index (χ0n) is 6.59. The lowest BCUT2D eigenvalue weighted by molar-refractivity contribution is 0.470. The van der Waals surface area contributed by atoms with E-state index in [-0.39, 0.29) is 0 Å². The van der Waals surface area contributed by atoms with Crippen molar-refractivity contribution in [3.63, 3.8) is 0 Å². The summed E-state index contributed by atoms with van der Waals surface area (Å²) in [5, 5.41) is 8.27. The standard InChI is InChI=1S/C9H16O/c1-2-3-4-5-6-7-8-9-10/h3-4,8-10H,2,5-7H2,1H3/b4-3-,9-8-. The summed E-state index contributed by atoms with van der Waals surface area (Å²) in [4.78, 5) is 0. The fourth-order valence-electron chi connectivity index (χ4n) is 0.713. The van der Waals surface area contributed by atoms with E-state index in [4.69, 9.17) is 5.11 Å². The fraction of sp³-hybridized carbons (Fsp3) is 0.556. The van der Waals surface area contributed by atoms with Crippen molar-refractivity contribution in [2.45, 2.75) is 32.6 Å². The van der Waals surface area contributed by atoms with Gasteiger partial charge < -0.3 is 5.11 Å². The normalized spacial score (nSPS) is 11.7. The van der Waals surface area contributed by atoms with Gasteiger partial charge >= 0.3 is 0 Å². The van der Waals surface area contributed by atoms with Gasteiger partial charge in [0.15, 0.2) is 0 Å². The molecule has 0 heterocycles. The largest absolute Gasteiger partial charge is 0.516 e. The highest BCUT2D eigenvalue weighted by Gasteiger charge is 1.78. The Kier molecular flexibility index (Phi) is 7.68. The minimum Gasteiger partial charge on any atom is -0.516 e. The molecule has 1 heteroatoms. The van der Waals surface area contributed by atoms with Crippen LogP contribution >= 0.6 is 0 Å². The molecule has 0 aromatic rings. The van der Waals surface area contributed by atoms with Gasteiger partial charge in [0, 0.05) is 0 Å². The zero-order chi connectivity index (χ0) is 7.66. The van der Waals surface area contributed by atoms with Crippen molar-refractivity contribution in [1.82, 2.24) is 0 Å². The molecule has 10 heavy (non-hydrogen) atoms. The molecule has 0 aliphatic carbocycles. The summed E-state index contributed by atoms with van der Waals surface area (Å²) in [6, 6.07) is 0. The first-order chi connectivity index (χ1) is 4.91. The Morgan fingerprint density at radius 2 is 1.80 bits per heavy atom. The number of aliphatic hydroxyl groups is 1. The van der Waals surface area contributed by atoms with Crippen LogP contribution in [0.25, 0.3) is 0 Å². The van der Waals surface area contributed by atoms with Crippen LogP contribution in [-0.4, -0.2) is 5.11 Å². The highest BCUT2D eigenvalue weighted by atomic mass is 16.2. The van der Waals surface area contributed by atoms with Crippen molar-refractivity contribution in [2.75, 3.05) is 0 Å². The van der Waals surface area contributed by atoms with E-state index in [1.54, 1.807) is 6.08 Å². The van der Waals surface area contributed by atoms with Crippen LogP contribution in [0.5, 0.6) is 0 Å². The predicted molar refractivity (Wildman–Crippen MR) is 45.1 cm³/mol. The number of allylic oxidation sites excluding steroid dienone is 3. The Hall–Kier alpha value is -0.720. The molecule has 58 valence electrons. The summed E-state index contributed by atoms with van der Waals surface area (Å²) >= 11 is 0. The van der Waals surface area contributed by atoms with Gasteiger partial charge in [-0.2, -0.15) is 0 Å². The van der Waals surface area contributed by atoms with E-state index in [0.717, 1.165) is 31.9 Å². The second-order valence-corrected chi connectivity index (χ2v) is 2.20. The lowest BCUT2D eigenvalue weighted by Crippen LogP contribution is -1.68. The van der Waals surface area contributed by atoms with Crippen molar-refractivity contribution in [2.24, 2.45) is 0 Å². The first-order valence-corrected chi connectivity index (χ1v) is 3.86. The first-order valence-electron chi connectivity index (χ1n) is 3.86. The highest BCUT2D eigenvalue weighted by Crippen LogP contribution is 1.97. The van der Waals surface area contributed by atoms with Gasteiger partial charge in [0.2, 0.25) is 0 Å². The third kappa shape index (κ3) is 7.28. The lowest BCUT2D eigenvalue weighted by Gasteiger charge is -1.87. The Morgan fingerprint density at radius 3 is 2.40 bits per heavy atom. The smallest absolute Gasteiger partial charge is 0.0751 e. The SMILES string of the molecule is CC/C=C\CCC/C=C\O. The van der Waals surface area contributed by atoms with E-state index < -0.39 is 0 Å². The Morgan fingerprint density at radius 1 is 1.10 bits per heavy atom. The van der Waals surface area contributed by atoms with E-state index in [1.807, 2.05) is 0 Å². The van der Waals surface area contributed by atoms with Crippen LogP contribution in [0.3, 0.4) is 0 Å². The molecule has 0 aliphatic rings. The van der Waals surface area contributed by atoms with Gasteiger partial charge in [-0.15, -0.1) is 0 Å². The van der Waals surface area contributed by atoms with E-state index >= 15 is 0 Å². The van der Waals surface area contributed by atoms with Gasteiger partial charge in [-0.25, -0.2) is 0 Å². The molecule has 0 aliphatic heterocycles. The summed E-state index contributed by atoms with van der Waals surface area (Å²) in [6.07, 6.45) is 11.6. The molecule has 0 aromatic carbocycles. The molecule has 0 unspecified atom stereocenters. The van der Waals surface area contributed by atoms with Gasteiger partial charge in [-0.05, 0) is 25.7 Å². The molecule has 0 spiro atoms. The van der Waals surface area contributed by atoms with Gasteiger partial charge in [-0.3, -0.25) is 0 Å². The van der Waals surface area contributed by atoms with Crippen LogP contribution in [0.4, 0.5) is 0 Å². The monoisotopic (exact) mass is 140 g/mol. The van der Waals surface area contributed by atoms with E-state index in [0.29, 0.717) is 0 Å². The summed E-state index contributed by atoms with van der Waals surface area (Å²) in [6.45, 7) is 2.13. The number of unbranched alkanes of at least 4 members (excludes halogenated alkanes) is 2. The average Bonchev–Trinajstić information content (AvgIpc) is 1.97. The maximum atomic E-state index is 8.27. The van der Waals surface area contributed by atoms with Crippen LogP contribution < -0.4 is 0 Å². The van der Waals surface area contributed by atoms with Crippen molar-refractivity contribution in [3.8, 4) is 0 Å². The zero-order valence-corrected chi connectivity index (χ0v) is 6.59. The minimum atomic E-state index is 0.977. The second kappa shape index (κ2) is 8.28. The molecule has 0 bridgehead atoms. The third-order valence-corrected chi connectivity index (χ3v) is 1.25. The molecular weight excluding hydrogens is 124 g/mol. The third-order valence-electron chi connectivity index (χ3n) is 1.25. The van der Waals surface area contributed by atoms with Gasteiger partial charge in [0.25, 0.3) is 0 Å². The first kappa shape index (κ1) is 9.28. The van der Waals surface area contributed by atoms with Crippen LogP contribution in [0.1, 0.15) is 32.6 Å². The molecule has 0 saturated heterocycles. The topological polar surface area (TPSA) is 20.2 Å². The summed E-state index contributed by atoms with van der Waals surface area (Å²) < 4.78 is 0. The quantitative estimate of drug-likeness (QED) is 0.353. The van der Waals surface area contributed by atoms with E-state index in [2.05, 4.69) is 19.1 Å². The molecule has 0 aromatic heterocycles. The van der Waals surface area contributed by atoms with Gasteiger partial charge in [0.1, 0.15) is 0 Å². The average molecular weight is 140 g/mol. The predicted octanol–water partition coefficient (Wildman–Crippen LogP) is 3.19. The Bertz CT molecular complexity index is 103. The molecule has 1 N–H and O–H groups in total. The minimum absolute atomic E-state index is 0.977. The summed E-state index contributed by atoms with van der Waals surface area (Å²) in [7, 11) is 0. The number of aliphatic hydroxyl groups excluding tert-OH is 1. The van der Waals surface area contributed by atoms with Crippen LogP contribution in [0.2, 0.25) is 0 Å². The maximum Gasteiger partial charge on any atom is 0.0751 e. The van der Waals surface area contributed by atoms with Gasteiger partial charge in [-0.1, -0.05) is 25.2 Å². The summed E-state index contributed by atoms with van der Waals surface area (Å²) in [5.41, 5.74) is 0. The van der Waals surface area contributed by atoms with Crippen molar-refractivity contribution >= 4 is 0 Å². The van der Waals surface area contributed by atoms with E-state index in [1.165, 1.54) is 0 Å². The molecule has 0 radical (unpaired) electrons. The lowest BCUT2D eigenvalue weighted by atomic mass is 10.2. The maximum absolute atomic E-state index is 8.27. The van der Waals surface area contributed by atoms with Gasteiger partial charge in [0.05, 0.1) is 6.26 Å². The van der Waals surface area contributed by atoms with Crippen molar-refractivity contribution in [3.05, 3.63) is 24.5 Å². The molecule has 0 rings (SSSR count). The van der Waals surface area contributed by atoms with Crippen molar-refractivity contribution < 1.29 is 5.11 Å². The summed E-state index contributed by atoms with van der Waals surface area (Å²) in [5.74, 6) is 0. The van der Waals surface area contributed by atoms with Crippen LogP contribution in [0, 0.1) is 0 Å². The van der Waals surface area contributed by atoms with E-state index in [9.17, 15) is 0 Å². The molecule has 1 nitrogen and oxygen atoms in total.